The molecule has 0 aliphatic heterocycles. The monoisotopic (exact) mass is 373 g/mol. The number of methoxy groups -OCH3 is 2. The molecule has 0 aliphatic rings. The summed E-state index contributed by atoms with van der Waals surface area (Å²) in [5.74, 6) is -0.199. The lowest BCUT2D eigenvalue weighted by molar-refractivity contribution is -0.153. The van der Waals surface area contributed by atoms with Gasteiger partial charge in [-0.15, -0.1) is 0 Å². The second kappa shape index (κ2) is 9.99. The number of ether oxygens (including phenoxy) is 2. The van der Waals surface area contributed by atoms with Crippen LogP contribution in [-0.2, 0) is 24.8 Å². The Balaban J connectivity index is 2.31. The molecule has 0 saturated heterocycles. The van der Waals surface area contributed by atoms with Crippen LogP contribution in [0.25, 0.3) is 0 Å². The quantitative estimate of drug-likeness (QED) is 0.523. The minimum atomic E-state index is -0.890. The Kier molecular flexibility index (Phi) is 7.69. The molecular weight excluding hydrogens is 350 g/mol. The maximum Gasteiger partial charge on any atom is 0.332 e. The van der Waals surface area contributed by atoms with Gasteiger partial charge in [-0.1, -0.05) is 60.7 Å². The van der Waals surface area contributed by atoms with E-state index in [2.05, 4.69) is 0 Å². The zero-order chi connectivity index (χ0) is 18.9. The van der Waals surface area contributed by atoms with Crippen LogP contribution in [0.2, 0.25) is 0 Å². The number of esters is 1. The number of nitrogens with zero attached hydrogens (tertiary/aromatic N) is 1. The van der Waals surface area contributed by atoms with Gasteiger partial charge in [0.1, 0.15) is 6.10 Å². The summed E-state index contributed by atoms with van der Waals surface area (Å²) in [4.78, 5) is 24.9. The lowest BCUT2D eigenvalue weighted by Gasteiger charge is -2.33. The Morgan fingerprint density at radius 3 is 2.08 bits per heavy atom. The van der Waals surface area contributed by atoms with Crippen molar-refractivity contribution in [3.63, 3.8) is 0 Å². The smallest absolute Gasteiger partial charge is 0.332 e. The van der Waals surface area contributed by atoms with Crippen LogP contribution in [0, 0.1) is 0 Å². The van der Waals surface area contributed by atoms with Gasteiger partial charge < -0.3 is 9.47 Å². The van der Waals surface area contributed by atoms with E-state index >= 15 is 0 Å². The molecule has 1 amide bonds. The van der Waals surface area contributed by atoms with Crippen molar-refractivity contribution in [2.75, 3.05) is 14.2 Å². The van der Waals surface area contributed by atoms with E-state index in [1.165, 1.54) is 37.4 Å². The predicted octanol–water partition coefficient (Wildman–Crippen LogP) is 3.61. The van der Waals surface area contributed by atoms with E-state index in [0.717, 1.165) is 11.1 Å². The van der Waals surface area contributed by atoms with Crippen molar-refractivity contribution < 1.29 is 19.1 Å². The van der Waals surface area contributed by atoms with E-state index in [-0.39, 0.29) is 5.91 Å². The minimum Gasteiger partial charge on any atom is -0.467 e. The van der Waals surface area contributed by atoms with Gasteiger partial charge in [-0.25, -0.2) is 4.79 Å². The molecule has 0 saturated carbocycles. The van der Waals surface area contributed by atoms with E-state index in [1.54, 1.807) is 0 Å². The van der Waals surface area contributed by atoms with E-state index in [0.29, 0.717) is 5.75 Å². The Labute approximate surface area is 158 Å². The number of hydrogen-bond acceptors (Lipinski definition) is 5. The fraction of sp³-hybridized carbons (Fsp3) is 0.300. The third-order valence-corrected chi connectivity index (χ3v) is 5.11. The second-order valence-electron chi connectivity index (χ2n) is 5.64. The zero-order valence-electron chi connectivity index (χ0n) is 15.1. The summed E-state index contributed by atoms with van der Waals surface area (Å²) < 4.78 is 12.0. The van der Waals surface area contributed by atoms with Crippen molar-refractivity contribution >= 4 is 23.8 Å². The topological polar surface area (TPSA) is 55.8 Å². The zero-order valence-corrected chi connectivity index (χ0v) is 15.9. The molecule has 0 radical (unpaired) electrons. The van der Waals surface area contributed by atoms with Crippen LogP contribution in [0.1, 0.15) is 24.2 Å². The lowest BCUT2D eigenvalue weighted by Crippen LogP contribution is -2.45. The first kappa shape index (κ1) is 20.0. The highest BCUT2D eigenvalue weighted by Gasteiger charge is 2.38. The first-order valence-electron chi connectivity index (χ1n) is 8.20. The van der Waals surface area contributed by atoms with Crippen LogP contribution < -0.4 is 0 Å². The Bertz CT molecular complexity index is 708. The van der Waals surface area contributed by atoms with Gasteiger partial charge in [0.2, 0.25) is 5.91 Å². The molecule has 6 heteroatoms. The maximum absolute atomic E-state index is 12.5. The van der Waals surface area contributed by atoms with Crippen molar-refractivity contribution in [2.45, 2.75) is 24.8 Å². The molecule has 2 rings (SSSR count). The van der Waals surface area contributed by atoms with Gasteiger partial charge >= 0.3 is 5.97 Å². The molecule has 5 nitrogen and oxygen atoms in total. The number of rotatable bonds is 8. The molecule has 26 heavy (non-hydrogen) atoms. The molecule has 2 unspecified atom stereocenters. The Hall–Kier alpha value is -2.31. The Morgan fingerprint density at radius 1 is 1.00 bits per heavy atom. The molecule has 0 fully saturated rings. The first-order valence-corrected chi connectivity index (χ1v) is 9.15. The maximum atomic E-state index is 12.5. The standard InChI is InChI=1S/C20H23NO4S/c1-15(22)21(26-14-16-10-6-4-7-11-16)18(20(23)25-3)19(24-2)17-12-8-5-9-13-17/h4-13,18-19H,14H2,1-3H3. The molecule has 0 heterocycles. The summed E-state index contributed by atoms with van der Waals surface area (Å²) in [6.45, 7) is 1.44. The van der Waals surface area contributed by atoms with Crippen LogP contribution >= 0.6 is 11.9 Å². The Morgan fingerprint density at radius 2 is 1.58 bits per heavy atom. The second-order valence-corrected chi connectivity index (χ2v) is 6.58. The predicted molar refractivity (Wildman–Crippen MR) is 102 cm³/mol. The van der Waals surface area contributed by atoms with Gasteiger partial charge in [-0.05, 0) is 23.1 Å². The van der Waals surface area contributed by atoms with Crippen LogP contribution in [0.15, 0.2) is 60.7 Å². The van der Waals surface area contributed by atoms with Gasteiger partial charge in [0.05, 0.1) is 7.11 Å². The molecule has 2 aromatic carbocycles. The lowest BCUT2D eigenvalue weighted by atomic mass is 10.0. The average molecular weight is 373 g/mol. The number of amides is 1. The largest absolute Gasteiger partial charge is 0.467 e. The first-order chi connectivity index (χ1) is 12.6. The summed E-state index contributed by atoms with van der Waals surface area (Å²) in [6.07, 6.45) is -0.629. The molecule has 0 bridgehead atoms. The summed E-state index contributed by atoms with van der Waals surface area (Å²) in [5, 5.41) is 0. The molecule has 0 aromatic heterocycles. The van der Waals surface area contributed by atoms with Crippen molar-refractivity contribution in [2.24, 2.45) is 0 Å². The van der Waals surface area contributed by atoms with Crippen LogP contribution in [-0.4, -0.2) is 36.4 Å². The third kappa shape index (κ3) is 5.09. The van der Waals surface area contributed by atoms with Crippen LogP contribution in [0.5, 0.6) is 0 Å². The van der Waals surface area contributed by atoms with Gasteiger partial charge in [-0.2, -0.15) is 0 Å². The van der Waals surface area contributed by atoms with Gasteiger partial charge in [0, 0.05) is 19.8 Å². The van der Waals surface area contributed by atoms with E-state index < -0.39 is 18.1 Å². The van der Waals surface area contributed by atoms with Crippen molar-refractivity contribution in [1.29, 1.82) is 0 Å². The summed E-state index contributed by atoms with van der Waals surface area (Å²) in [6, 6.07) is 18.2. The van der Waals surface area contributed by atoms with E-state index in [4.69, 9.17) is 9.47 Å². The van der Waals surface area contributed by atoms with Crippen LogP contribution in [0.4, 0.5) is 0 Å². The summed E-state index contributed by atoms with van der Waals surface area (Å²) in [7, 11) is 2.83. The van der Waals surface area contributed by atoms with Gasteiger partial charge in [-0.3, -0.25) is 9.10 Å². The van der Waals surface area contributed by atoms with Crippen molar-refractivity contribution in [1.82, 2.24) is 4.31 Å². The van der Waals surface area contributed by atoms with Crippen molar-refractivity contribution in [3.05, 3.63) is 71.8 Å². The number of benzene rings is 2. The number of carbonyl (C=O) groups is 2. The average Bonchev–Trinajstić information content (AvgIpc) is 2.68. The molecule has 2 atom stereocenters. The van der Waals surface area contributed by atoms with E-state index in [1.807, 2.05) is 60.7 Å². The number of hydrogen-bond donors (Lipinski definition) is 0. The molecule has 0 aliphatic carbocycles. The highest BCUT2D eigenvalue weighted by Crippen LogP contribution is 2.31. The number of carbonyl (C=O) groups excluding carboxylic acids is 2. The highest BCUT2D eigenvalue weighted by atomic mass is 32.2. The fourth-order valence-corrected chi connectivity index (χ4v) is 3.66. The molecule has 2 aromatic rings. The summed E-state index contributed by atoms with van der Waals surface area (Å²) in [5.41, 5.74) is 1.86. The molecule has 138 valence electrons. The summed E-state index contributed by atoms with van der Waals surface area (Å²) >= 11 is 1.28. The normalized spacial score (nSPS) is 12.9. The van der Waals surface area contributed by atoms with E-state index in [9.17, 15) is 9.59 Å². The fourth-order valence-electron chi connectivity index (χ4n) is 2.64. The van der Waals surface area contributed by atoms with Gasteiger partial charge in [0.25, 0.3) is 0 Å². The third-order valence-electron chi connectivity index (χ3n) is 3.89. The minimum absolute atomic E-state index is 0.237. The highest BCUT2D eigenvalue weighted by molar-refractivity contribution is 7.96. The van der Waals surface area contributed by atoms with Gasteiger partial charge in [0.15, 0.2) is 6.04 Å². The SMILES string of the molecule is COC(=O)C(C(OC)c1ccccc1)N(SCc1ccccc1)C(C)=O. The van der Waals surface area contributed by atoms with Crippen molar-refractivity contribution in [3.8, 4) is 0 Å². The molecule has 0 N–H and O–H groups in total. The molecule has 0 spiro atoms. The van der Waals surface area contributed by atoms with Crippen LogP contribution in [0.3, 0.4) is 0 Å². The molecular formula is C20H23NO4S.